The summed E-state index contributed by atoms with van der Waals surface area (Å²) in [5, 5.41) is 28.0. The van der Waals surface area contributed by atoms with Crippen molar-refractivity contribution >= 4 is 17.3 Å². The lowest BCUT2D eigenvalue weighted by Gasteiger charge is -2.32. The minimum absolute atomic E-state index is 0.0744. The monoisotopic (exact) mass is 586 g/mol. The summed E-state index contributed by atoms with van der Waals surface area (Å²) in [7, 11) is 0. The Morgan fingerprint density at radius 1 is 1.17 bits per heavy atom. The highest BCUT2D eigenvalue weighted by molar-refractivity contribution is 7.10. The standard InChI is InChI=1S/C31H26F2N5O3S/c1-20(30-36-29(16-42-30)24-7-3-22(14-34)4-8-24)31(40,27-12-9-25(32)13-28(27)33)17-38-19-37(18-35-38)15-23-5-10-26(11-6-23)41-21(2)39/h3-13,16,18-20,40H,15,17H2,1-2H3/q+1. The molecule has 2 heterocycles. The summed E-state index contributed by atoms with van der Waals surface area (Å²) in [5.74, 6) is -2.29. The van der Waals surface area contributed by atoms with Gasteiger partial charge in [0.15, 0.2) is 0 Å². The molecule has 2 atom stereocenters. The number of halogens is 2. The fourth-order valence-corrected chi connectivity index (χ4v) is 5.62. The second-order valence-corrected chi connectivity index (χ2v) is 10.8. The summed E-state index contributed by atoms with van der Waals surface area (Å²) in [6.45, 7) is 3.38. The van der Waals surface area contributed by atoms with Gasteiger partial charge in [0, 0.05) is 40.5 Å². The number of carbonyl (C=O) groups excluding carboxylic acids is 1. The third kappa shape index (κ3) is 6.25. The molecule has 212 valence electrons. The van der Waals surface area contributed by atoms with Gasteiger partial charge in [-0.15, -0.1) is 16.0 Å². The third-order valence-electron chi connectivity index (χ3n) is 6.90. The average molecular weight is 587 g/mol. The topological polar surface area (TPSA) is 105 Å². The predicted molar refractivity (Wildman–Crippen MR) is 150 cm³/mol. The van der Waals surface area contributed by atoms with Crippen molar-refractivity contribution in [3.63, 3.8) is 0 Å². The molecule has 5 rings (SSSR count). The molecule has 11 heteroatoms. The smallest absolute Gasteiger partial charge is 0.308 e. The first-order chi connectivity index (χ1) is 20.1. The molecule has 0 aliphatic heterocycles. The zero-order chi connectivity index (χ0) is 29.9. The minimum Gasteiger partial charge on any atom is -0.427 e. The zero-order valence-corrected chi connectivity index (χ0v) is 23.6. The van der Waals surface area contributed by atoms with E-state index >= 15 is 4.39 Å². The lowest BCUT2D eigenvalue weighted by molar-refractivity contribution is -0.689. The Kier molecular flexibility index (Phi) is 8.20. The van der Waals surface area contributed by atoms with Crippen molar-refractivity contribution in [2.24, 2.45) is 0 Å². The quantitative estimate of drug-likeness (QED) is 0.146. The number of benzene rings is 3. The van der Waals surface area contributed by atoms with E-state index in [0.29, 0.717) is 28.6 Å². The molecule has 3 aromatic carbocycles. The van der Waals surface area contributed by atoms with Crippen LogP contribution in [0.1, 0.15) is 41.5 Å². The molecule has 2 aromatic heterocycles. The van der Waals surface area contributed by atoms with E-state index in [1.807, 2.05) is 17.5 Å². The predicted octanol–water partition coefficient (Wildman–Crippen LogP) is 5.11. The van der Waals surface area contributed by atoms with Crippen LogP contribution in [0.3, 0.4) is 0 Å². The molecule has 0 amide bonds. The van der Waals surface area contributed by atoms with Gasteiger partial charge in [-0.3, -0.25) is 4.79 Å². The molecular weight excluding hydrogens is 560 g/mol. The number of nitrogens with zero attached hydrogens (tertiary/aromatic N) is 5. The van der Waals surface area contributed by atoms with E-state index in [1.165, 1.54) is 29.0 Å². The zero-order valence-electron chi connectivity index (χ0n) is 22.7. The van der Waals surface area contributed by atoms with E-state index in [0.717, 1.165) is 23.3 Å². The molecule has 1 N–H and O–H groups in total. The molecule has 5 aromatic rings. The van der Waals surface area contributed by atoms with Crippen molar-refractivity contribution in [3.05, 3.63) is 118 Å². The van der Waals surface area contributed by atoms with Crippen molar-refractivity contribution in [1.82, 2.24) is 14.8 Å². The number of aliphatic hydroxyl groups is 1. The van der Waals surface area contributed by atoms with Gasteiger partial charge in [-0.05, 0) is 35.9 Å². The molecule has 0 aliphatic rings. The number of thiazole rings is 1. The maximum atomic E-state index is 15.2. The van der Waals surface area contributed by atoms with Crippen LogP contribution in [0.5, 0.6) is 5.75 Å². The van der Waals surface area contributed by atoms with Crippen LogP contribution in [0.4, 0.5) is 8.78 Å². The molecule has 0 fully saturated rings. The van der Waals surface area contributed by atoms with Crippen LogP contribution >= 0.6 is 11.3 Å². The first-order valence-electron chi connectivity index (χ1n) is 13.0. The SMILES string of the molecule is CC(=O)Oc1ccc(C[n+]2cnn(CC(O)(c3ccc(F)cc3F)C(C)c3nc(-c4ccc(C#N)cc4)cs3)c2)cc1. The lowest BCUT2D eigenvalue weighted by atomic mass is 9.82. The van der Waals surface area contributed by atoms with Gasteiger partial charge < -0.3 is 9.84 Å². The van der Waals surface area contributed by atoms with E-state index in [2.05, 4.69) is 11.2 Å². The molecule has 42 heavy (non-hydrogen) atoms. The van der Waals surface area contributed by atoms with Gasteiger partial charge in [0.25, 0.3) is 6.33 Å². The molecule has 8 nitrogen and oxygen atoms in total. The van der Waals surface area contributed by atoms with Gasteiger partial charge in [0.05, 0.1) is 28.9 Å². The number of rotatable bonds is 9. The van der Waals surface area contributed by atoms with Crippen LogP contribution in [-0.4, -0.2) is 25.8 Å². The Morgan fingerprint density at radius 2 is 1.90 bits per heavy atom. The number of ether oxygens (including phenoxy) is 1. The highest BCUT2D eigenvalue weighted by Crippen LogP contribution is 2.41. The first kappa shape index (κ1) is 28.7. The van der Waals surface area contributed by atoms with Crippen molar-refractivity contribution in [2.45, 2.75) is 38.5 Å². The molecule has 0 saturated carbocycles. The van der Waals surface area contributed by atoms with Gasteiger partial charge in [-0.2, -0.15) is 5.26 Å². The Bertz CT molecular complexity index is 1760. The summed E-state index contributed by atoms with van der Waals surface area (Å²) in [6, 6.07) is 19.2. The highest BCUT2D eigenvalue weighted by atomic mass is 32.1. The summed E-state index contributed by atoms with van der Waals surface area (Å²) in [5.41, 5.74) is 0.988. The summed E-state index contributed by atoms with van der Waals surface area (Å²) in [4.78, 5) is 15.9. The number of esters is 1. The lowest BCUT2D eigenvalue weighted by Crippen LogP contribution is -2.39. The van der Waals surface area contributed by atoms with Gasteiger partial charge >= 0.3 is 5.97 Å². The Morgan fingerprint density at radius 3 is 2.57 bits per heavy atom. The Labute approximate surface area is 244 Å². The second-order valence-electron chi connectivity index (χ2n) is 9.88. The number of hydrogen-bond donors (Lipinski definition) is 1. The third-order valence-corrected chi connectivity index (χ3v) is 7.93. The number of hydrogen-bond acceptors (Lipinski definition) is 7. The summed E-state index contributed by atoms with van der Waals surface area (Å²) >= 11 is 1.32. The van der Waals surface area contributed by atoms with Crippen molar-refractivity contribution in [1.29, 1.82) is 5.26 Å². The second kappa shape index (κ2) is 12.0. The van der Waals surface area contributed by atoms with Gasteiger partial charge in [-0.1, -0.05) is 37.3 Å². The largest absolute Gasteiger partial charge is 0.427 e. The van der Waals surface area contributed by atoms with Crippen molar-refractivity contribution in [2.75, 3.05) is 0 Å². The van der Waals surface area contributed by atoms with Gasteiger partial charge in [0.2, 0.25) is 6.33 Å². The number of nitriles is 1. The Hall–Kier alpha value is -4.79. The fraction of sp³-hybridized carbons (Fsp3) is 0.194. The molecule has 0 aliphatic carbocycles. The van der Waals surface area contributed by atoms with Crippen LogP contribution in [0, 0.1) is 23.0 Å². The molecule has 0 saturated heterocycles. The van der Waals surface area contributed by atoms with Crippen molar-refractivity contribution < 1.29 is 28.0 Å². The van der Waals surface area contributed by atoms with E-state index < -0.39 is 29.1 Å². The average Bonchev–Trinajstić information content (AvgIpc) is 3.63. The molecule has 2 unspecified atom stereocenters. The van der Waals surface area contributed by atoms with E-state index in [-0.39, 0.29) is 12.1 Å². The summed E-state index contributed by atoms with van der Waals surface area (Å²) < 4.78 is 37.4. The number of carbonyl (C=O) groups is 1. The minimum atomic E-state index is -1.84. The molecule has 0 radical (unpaired) electrons. The van der Waals surface area contributed by atoms with E-state index in [9.17, 15) is 14.3 Å². The van der Waals surface area contributed by atoms with Crippen LogP contribution < -0.4 is 9.30 Å². The Balaban J connectivity index is 1.42. The van der Waals surface area contributed by atoms with Gasteiger partial charge in [-0.25, -0.2) is 18.3 Å². The van der Waals surface area contributed by atoms with Gasteiger partial charge in [0.1, 0.15) is 29.5 Å². The number of aromatic nitrogens is 4. The molecular formula is C31H26F2N5O3S+. The van der Waals surface area contributed by atoms with Crippen LogP contribution in [0.2, 0.25) is 0 Å². The van der Waals surface area contributed by atoms with Crippen LogP contribution in [-0.2, 0) is 23.5 Å². The van der Waals surface area contributed by atoms with Crippen molar-refractivity contribution in [3.8, 4) is 23.1 Å². The highest BCUT2D eigenvalue weighted by Gasteiger charge is 2.43. The maximum Gasteiger partial charge on any atom is 0.308 e. The van der Waals surface area contributed by atoms with Crippen LogP contribution in [0.25, 0.3) is 11.3 Å². The first-order valence-corrected chi connectivity index (χ1v) is 13.9. The molecule has 0 spiro atoms. The maximum absolute atomic E-state index is 15.2. The molecule has 0 bridgehead atoms. The van der Waals surface area contributed by atoms with E-state index in [4.69, 9.17) is 15.0 Å². The van der Waals surface area contributed by atoms with Crippen LogP contribution in [0.15, 0.2) is 84.8 Å². The van der Waals surface area contributed by atoms with E-state index in [1.54, 1.807) is 60.5 Å². The summed E-state index contributed by atoms with van der Waals surface area (Å²) in [6.07, 6.45) is 3.27. The fourth-order valence-electron chi connectivity index (χ4n) is 4.65. The normalized spacial score (nSPS) is 13.2.